The van der Waals surface area contributed by atoms with E-state index in [1.165, 1.54) is 16.8 Å². The van der Waals surface area contributed by atoms with Crippen LogP contribution in [0.15, 0.2) is 21.9 Å². The van der Waals surface area contributed by atoms with Crippen LogP contribution >= 0.6 is 0 Å². The first-order chi connectivity index (χ1) is 9.85. The Kier molecular flexibility index (Phi) is 4.61. The molecule has 0 radical (unpaired) electrons. The molecular formula is C12H17N3O5S. The SMILES string of the molecule is O=C(CCn1ccc(=O)[nH]c1=O)NC[C@H]1CCS(=O)(=O)C1. The number of hydrogen-bond acceptors (Lipinski definition) is 5. The van der Waals surface area contributed by atoms with Crippen molar-refractivity contribution < 1.29 is 13.2 Å². The molecule has 0 unspecified atom stereocenters. The van der Waals surface area contributed by atoms with Crippen LogP contribution in [0.3, 0.4) is 0 Å². The van der Waals surface area contributed by atoms with Crippen LogP contribution in [0.25, 0.3) is 0 Å². The summed E-state index contributed by atoms with van der Waals surface area (Å²) in [6.45, 7) is 0.489. The number of aromatic amines is 1. The normalized spacial score (nSPS) is 20.3. The fourth-order valence-corrected chi connectivity index (χ4v) is 4.08. The summed E-state index contributed by atoms with van der Waals surface area (Å²) in [4.78, 5) is 36.1. The average Bonchev–Trinajstić information content (AvgIpc) is 2.75. The van der Waals surface area contributed by atoms with Gasteiger partial charge in [0.1, 0.15) is 0 Å². The van der Waals surface area contributed by atoms with Crippen molar-refractivity contribution in [2.45, 2.75) is 19.4 Å². The number of rotatable bonds is 5. The van der Waals surface area contributed by atoms with Gasteiger partial charge in [-0.05, 0) is 12.3 Å². The molecule has 8 nitrogen and oxygen atoms in total. The van der Waals surface area contributed by atoms with Gasteiger partial charge < -0.3 is 9.88 Å². The summed E-state index contributed by atoms with van der Waals surface area (Å²) >= 11 is 0. The average molecular weight is 315 g/mol. The van der Waals surface area contributed by atoms with Crippen molar-refractivity contribution in [3.63, 3.8) is 0 Å². The summed E-state index contributed by atoms with van der Waals surface area (Å²) in [6.07, 6.45) is 1.99. The minimum atomic E-state index is -2.94. The number of carbonyl (C=O) groups is 1. The van der Waals surface area contributed by atoms with Crippen molar-refractivity contribution in [3.05, 3.63) is 33.1 Å². The van der Waals surface area contributed by atoms with Crippen molar-refractivity contribution in [1.82, 2.24) is 14.9 Å². The Labute approximate surface area is 121 Å². The maximum Gasteiger partial charge on any atom is 0.328 e. The number of H-pyrrole nitrogens is 1. The van der Waals surface area contributed by atoms with Gasteiger partial charge in [-0.3, -0.25) is 14.6 Å². The number of sulfone groups is 1. The minimum Gasteiger partial charge on any atom is -0.356 e. The number of nitrogens with one attached hydrogen (secondary N) is 2. The third-order valence-corrected chi connectivity index (χ3v) is 5.23. The lowest BCUT2D eigenvalue weighted by Gasteiger charge is -2.10. The molecule has 1 aromatic heterocycles. The Morgan fingerprint density at radius 1 is 1.43 bits per heavy atom. The highest BCUT2D eigenvalue weighted by Crippen LogP contribution is 2.17. The largest absolute Gasteiger partial charge is 0.356 e. The topological polar surface area (TPSA) is 118 Å². The first-order valence-electron chi connectivity index (χ1n) is 6.62. The molecule has 0 spiro atoms. The molecule has 0 aromatic carbocycles. The lowest BCUT2D eigenvalue weighted by Crippen LogP contribution is -2.33. The second-order valence-corrected chi connectivity index (χ2v) is 7.36. The molecule has 1 atom stereocenters. The van der Waals surface area contributed by atoms with Gasteiger partial charge >= 0.3 is 5.69 Å². The fourth-order valence-electron chi connectivity index (χ4n) is 2.22. The second-order valence-electron chi connectivity index (χ2n) is 5.13. The molecule has 1 aromatic rings. The predicted octanol–water partition coefficient (Wildman–Crippen LogP) is -1.52. The first kappa shape index (κ1) is 15.5. The van der Waals surface area contributed by atoms with Crippen molar-refractivity contribution in [2.24, 2.45) is 5.92 Å². The molecule has 2 N–H and O–H groups in total. The highest BCUT2D eigenvalue weighted by molar-refractivity contribution is 7.91. The van der Waals surface area contributed by atoms with Crippen LogP contribution in [0.2, 0.25) is 0 Å². The van der Waals surface area contributed by atoms with Crippen molar-refractivity contribution in [3.8, 4) is 0 Å². The predicted molar refractivity (Wildman–Crippen MR) is 75.7 cm³/mol. The maximum atomic E-state index is 11.7. The number of hydrogen-bond donors (Lipinski definition) is 2. The quantitative estimate of drug-likeness (QED) is 0.684. The van der Waals surface area contributed by atoms with Gasteiger partial charge in [-0.15, -0.1) is 0 Å². The van der Waals surface area contributed by atoms with E-state index in [-0.39, 0.29) is 36.3 Å². The van der Waals surface area contributed by atoms with Crippen LogP contribution in [-0.4, -0.2) is 41.9 Å². The van der Waals surface area contributed by atoms with Crippen LogP contribution < -0.4 is 16.6 Å². The maximum absolute atomic E-state index is 11.7. The standard InChI is InChI=1S/C12H17N3O5S/c16-10(13-7-9-3-6-21(19,20)8-9)1-4-15-5-2-11(17)14-12(15)18/h2,5,9H,1,3-4,6-8H2,(H,13,16)(H,14,17,18)/t9-/m1/s1. The second kappa shape index (κ2) is 6.25. The van der Waals surface area contributed by atoms with E-state index in [2.05, 4.69) is 10.3 Å². The van der Waals surface area contributed by atoms with Crippen LogP contribution in [0.5, 0.6) is 0 Å². The summed E-state index contributed by atoms with van der Waals surface area (Å²) in [7, 11) is -2.94. The first-order valence-corrected chi connectivity index (χ1v) is 8.45. The zero-order valence-electron chi connectivity index (χ0n) is 11.4. The molecule has 0 aliphatic carbocycles. The van der Waals surface area contributed by atoms with Crippen LogP contribution in [0.1, 0.15) is 12.8 Å². The highest BCUT2D eigenvalue weighted by Gasteiger charge is 2.27. The molecule has 21 heavy (non-hydrogen) atoms. The van der Waals surface area contributed by atoms with E-state index in [0.29, 0.717) is 13.0 Å². The number of aromatic nitrogens is 2. The smallest absolute Gasteiger partial charge is 0.328 e. The lowest BCUT2D eigenvalue weighted by molar-refractivity contribution is -0.121. The molecule has 1 saturated heterocycles. The lowest BCUT2D eigenvalue weighted by atomic mass is 10.1. The number of nitrogens with zero attached hydrogens (tertiary/aromatic N) is 1. The van der Waals surface area contributed by atoms with Crippen molar-refractivity contribution >= 4 is 15.7 Å². The molecule has 1 aliphatic heterocycles. The highest BCUT2D eigenvalue weighted by atomic mass is 32.2. The number of aryl methyl sites for hydroxylation is 1. The number of carbonyl (C=O) groups excluding carboxylic acids is 1. The van der Waals surface area contributed by atoms with Gasteiger partial charge in [-0.25, -0.2) is 13.2 Å². The van der Waals surface area contributed by atoms with Crippen molar-refractivity contribution in [1.29, 1.82) is 0 Å². The van der Waals surface area contributed by atoms with Gasteiger partial charge in [0.15, 0.2) is 9.84 Å². The molecule has 1 aliphatic rings. The summed E-state index contributed by atoms with van der Waals surface area (Å²) < 4.78 is 23.8. The van der Waals surface area contributed by atoms with Gasteiger partial charge in [0.2, 0.25) is 5.91 Å². The Morgan fingerprint density at radius 2 is 2.19 bits per heavy atom. The van der Waals surface area contributed by atoms with Gasteiger partial charge in [0.05, 0.1) is 11.5 Å². The molecule has 2 rings (SSSR count). The third kappa shape index (κ3) is 4.55. The van der Waals surface area contributed by atoms with E-state index < -0.39 is 21.1 Å². The molecule has 116 valence electrons. The van der Waals surface area contributed by atoms with Crippen LogP contribution in [-0.2, 0) is 21.2 Å². The molecule has 0 bridgehead atoms. The Morgan fingerprint density at radius 3 is 2.81 bits per heavy atom. The molecule has 2 heterocycles. The third-order valence-electron chi connectivity index (χ3n) is 3.39. The minimum absolute atomic E-state index is 0.0326. The molecule has 9 heteroatoms. The van der Waals surface area contributed by atoms with Crippen molar-refractivity contribution in [2.75, 3.05) is 18.1 Å². The Hall–Kier alpha value is -1.90. The molecule has 0 saturated carbocycles. The van der Waals surface area contributed by atoms with Crippen LogP contribution in [0, 0.1) is 5.92 Å². The fraction of sp³-hybridized carbons (Fsp3) is 0.583. The molecule has 1 amide bonds. The van der Waals surface area contributed by atoms with Gasteiger partial charge in [0, 0.05) is 31.8 Å². The van der Waals surface area contributed by atoms with E-state index in [1.54, 1.807) is 0 Å². The van der Waals surface area contributed by atoms with Gasteiger partial charge in [0.25, 0.3) is 5.56 Å². The summed E-state index contributed by atoms with van der Waals surface area (Å²) in [5.74, 6) is 0.0135. The van der Waals surface area contributed by atoms with Crippen LogP contribution in [0.4, 0.5) is 0 Å². The van der Waals surface area contributed by atoms with Gasteiger partial charge in [-0.2, -0.15) is 0 Å². The summed E-state index contributed by atoms with van der Waals surface area (Å²) in [5.41, 5.74) is -1.04. The number of amides is 1. The van der Waals surface area contributed by atoms with E-state index in [9.17, 15) is 22.8 Å². The van der Waals surface area contributed by atoms with E-state index in [0.717, 1.165) is 0 Å². The summed E-state index contributed by atoms with van der Waals surface area (Å²) in [5, 5.41) is 2.67. The van der Waals surface area contributed by atoms with Gasteiger partial charge in [-0.1, -0.05) is 0 Å². The Bertz CT molecular complexity index is 734. The molecular weight excluding hydrogens is 298 g/mol. The van der Waals surface area contributed by atoms with E-state index >= 15 is 0 Å². The van der Waals surface area contributed by atoms with E-state index in [1.807, 2.05) is 0 Å². The zero-order valence-corrected chi connectivity index (χ0v) is 12.2. The Balaban J connectivity index is 1.78. The van der Waals surface area contributed by atoms with E-state index in [4.69, 9.17) is 0 Å². The summed E-state index contributed by atoms with van der Waals surface area (Å²) in [6, 6.07) is 1.21. The molecule has 1 fully saturated rings. The monoisotopic (exact) mass is 315 g/mol. The zero-order chi connectivity index (χ0) is 15.5.